The minimum atomic E-state index is -0.445. The molecule has 1 saturated carbocycles. The molecule has 0 bridgehead atoms. The second-order valence-corrected chi connectivity index (χ2v) is 7.84. The van der Waals surface area contributed by atoms with Crippen molar-refractivity contribution in [2.75, 3.05) is 42.8 Å². The van der Waals surface area contributed by atoms with Crippen LogP contribution < -0.4 is 20.9 Å². The Labute approximate surface area is 183 Å². The number of amides is 2. The Morgan fingerprint density at radius 3 is 2.75 bits per heavy atom. The highest BCUT2D eigenvalue weighted by Crippen LogP contribution is 2.33. The average Bonchev–Trinajstić information content (AvgIpc) is 3.54. The summed E-state index contributed by atoms with van der Waals surface area (Å²) in [7, 11) is 3.21. The van der Waals surface area contributed by atoms with E-state index in [9.17, 15) is 9.59 Å². The van der Waals surface area contributed by atoms with E-state index in [0.717, 1.165) is 31.6 Å². The first-order chi connectivity index (χ1) is 15.6. The molecule has 0 atom stereocenters. The number of aromatic nitrogens is 5. The number of hydrogen-bond donors (Lipinski definition) is 3. The fraction of sp³-hybridized carbons (Fsp3) is 0.400. The standard InChI is InChI=1S/C20H23N9O3/c1-21-19(31)17-16(14(7-22-26-17)23-18(30)11-3-4-11)25-20-24-15-6-5-12(8-29(15)27-20)28-9-13(10-28)32-2/h5-8,11,13H,3-4,9-10H2,1-2H3,(H,21,31)(H,22,25,27)(H,23,26,30). The molecule has 2 amide bonds. The van der Waals surface area contributed by atoms with Crippen molar-refractivity contribution in [1.82, 2.24) is 30.1 Å². The summed E-state index contributed by atoms with van der Waals surface area (Å²) < 4.78 is 6.99. The van der Waals surface area contributed by atoms with Gasteiger partial charge < -0.3 is 25.6 Å². The van der Waals surface area contributed by atoms with E-state index in [-0.39, 0.29) is 35.3 Å². The van der Waals surface area contributed by atoms with Crippen LogP contribution in [0.25, 0.3) is 5.65 Å². The highest BCUT2D eigenvalue weighted by atomic mass is 16.5. The Hall–Kier alpha value is -3.80. The summed E-state index contributed by atoms with van der Waals surface area (Å²) in [5.74, 6) is -0.300. The lowest BCUT2D eigenvalue weighted by molar-refractivity contribution is -0.117. The number of anilines is 4. The molecule has 0 unspecified atom stereocenters. The van der Waals surface area contributed by atoms with Crippen LogP contribution in [0.5, 0.6) is 0 Å². The maximum atomic E-state index is 12.4. The normalized spacial score (nSPS) is 16.0. The third kappa shape index (κ3) is 3.80. The van der Waals surface area contributed by atoms with Crippen molar-refractivity contribution in [3.8, 4) is 0 Å². The highest BCUT2D eigenvalue weighted by molar-refractivity contribution is 6.04. The first-order valence-electron chi connectivity index (χ1n) is 10.4. The van der Waals surface area contributed by atoms with Gasteiger partial charge in [0, 0.05) is 33.2 Å². The fourth-order valence-corrected chi connectivity index (χ4v) is 3.49. The number of nitrogens with zero attached hydrogens (tertiary/aromatic N) is 6. The van der Waals surface area contributed by atoms with Gasteiger partial charge in [0.15, 0.2) is 11.3 Å². The minimum absolute atomic E-state index is 0.00887. The monoisotopic (exact) mass is 437 g/mol. The molecule has 166 valence electrons. The van der Waals surface area contributed by atoms with Crippen LogP contribution >= 0.6 is 0 Å². The lowest BCUT2D eigenvalue weighted by Gasteiger charge is -2.39. The number of carbonyl (C=O) groups is 2. The first kappa shape index (κ1) is 20.1. The summed E-state index contributed by atoms with van der Waals surface area (Å²) in [6, 6.07) is 3.85. The van der Waals surface area contributed by atoms with Crippen LogP contribution in [0.1, 0.15) is 23.3 Å². The van der Waals surface area contributed by atoms with Crippen LogP contribution in [-0.2, 0) is 9.53 Å². The van der Waals surface area contributed by atoms with Gasteiger partial charge in [-0.25, -0.2) is 4.52 Å². The summed E-state index contributed by atoms with van der Waals surface area (Å²) in [6.07, 6.45) is 5.24. The van der Waals surface area contributed by atoms with Crippen molar-refractivity contribution in [2.45, 2.75) is 18.9 Å². The predicted octanol–water partition coefficient (Wildman–Crippen LogP) is 0.806. The van der Waals surface area contributed by atoms with Crippen molar-refractivity contribution >= 4 is 40.5 Å². The van der Waals surface area contributed by atoms with E-state index >= 15 is 0 Å². The maximum Gasteiger partial charge on any atom is 0.273 e. The number of pyridine rings is 1. The molecule has 2 aliphatic rings. The van der Waals surface area contributed by atoms with Gasteiger partial charge in [-0.3, -0.25) is 9.59 Å². The van der Waals surface area contributed by atoms with Crippen LogP contribution in [0, 0.1) is 5.92 Å². The number of nitrogens with one attached hydrogen (secondary N) is 3. The summed E-state index contributed by atoms with van der Waals surface area (Å²) in [6.45, 7) is 1.65. The summed E-state index contributed by atoms with van der Waals surface area (Å²) in [5, 5.41) is 20.7. The van der Waals surface area contributed by atoms with E-state index in [0.29, 0.717) is 11.3 Å². The van der Waals surface area contributed by atoms with Gasteiger partial charge in [-0.1, -0.05) is 0 Å². The molecule has 12 heteroatoms. The van der Waals surface area contributed by atoms with Crippen molar-refractivity contribution < 1.29 is 14.3 Å². The Morgan fingerprint density at radius 2 is 2.03 bits per heavy atom. The molecule has 12 nitrogen and oxygen atoms in total. The van der Waals surface area contributed by atoms with E-state index in [1.807, 2.05) is 18.3 Å². The number of hydrogen-bond acceptors (Lipinski definition) is 9. The van der Waals surface area contributed by atoms with Crippen molar-refractivity contribution in [1.29, 1.82) is 0 Å². The second kappa shape index (κ2) is 8.04. The molecular formula is C20H23N9O3. The third-order valence-electron chi connectivity index (χ3n) is 5.60. The Morgan fingerprint density at radius 1 is 1.22 bits per heavy atom. The number of carbonyl (C=O) groups excluding carboxylic acids is 2. The minimum Gasteiger partial charge on any atom is -0.378 e. The van der Waals surface area contributed by atoms with Gasteiger partial charge in [0.25, 0.3) is 5.91 Å². The number of ether oxygens (including phenoxy) is 1. The number of methoxy groups -OCH3 is 1. The van der Waals surface area contributed by atoms with Gasteiger partial charge >= 0.3 is 0 Å². The average molecular weight is 437 g/mol. The van der Waals surface area contributed by atoms with Crippen LogP contribution in [0.15, 0.2) is 24.5 Å². The lowest BCUT2D eigenvalue weighted by atomic mass is 10.1. The molecule has 0 radical (unpaired) electrons. The zero-order valence-electron chi connectivity index (χ0n) is 17.7. The SMILES string of the molecule is CNC(=O)c1nncc(NC(=O)C2CC2)c1Nc1nc2ccc(N3CC(OC)C3)cn2n1. The number of rotatable bonds is 7. The molecule has 5 rings (SSSR count). The van der Waals surface area contributed by atoms with Gasteiger partial charge in [-0.15, -0.1) is 10.2 Å². The second-order valence-electron chi connectivity index (χ2n) is 7.84. The van der Waals surface area contributed by atoms with Crippen LogP contribution in [0.4, 0.5) is 23.0 Å². The van der Waals surface area contributed by atoms with Gasteiger partial charge in [0.05, 0.1) is 29.9 Å². The molecular weight excluding hydrogens is 414 g/mol. The molecule has 0 spiro atoms. The van der Waals surface area contributed by atoms with E-state index in [4.69, 9.17) is 4.74 Å². The van der Waals surface area contributed by atoms with E-state index in [1.54, 1.807) is 11.6 Å². The maximum absolute atomic E-state index is 12.4. The van der Waals surface area contributed by atoms with Gasteiger partial charge in [-0.2, -0.15) is 10.1 Å². The van der Waals surface area contributed by atoms with E-state index < -0.39 is 5.91 Å². The molecule has 3 N–H and O–H groups in total. The first-order valence-corrected chi connectivity index (χ1v) is 10.4. The topological polar surface area (TPSA) is 139 Å². The molecule has 3 aromatic rings. The summed E-state index contributed by atoms with van der Waals surface area (Å²) in [5.41, 5.74) is 2.31. The lowest BCUT2D eigenvalue weighted by Crippen LogP contribution is -2.51. The Kier molecular flexibility index (Phi) is 5.05. The molecule has 4 heterocycles. The number of fused-ring (bicyclic) bond motifs is 1. The smallest absolute Gasteiger partial charge is 0.273 e. The van der Waals surface area contributed by atoms with Gasteiger partial charge in [0.1, 0.15) is 5.69 Å². The fourth-order valence-electron chi connectivity index (χ4n) is 3.49. The molecule has 1 saturated heterocycles. The zero-order chi connectivity index (χ0) is 22.2. The summed E-state index contributed by atoms with van der Waals surface area (Å²) in [4.78, 5) is 31.3. The van der Waals surface area contributed by atoms with Gasteiger partial charge in [-0.05, 0) is 25.0 Å². The Balaban J connectivity index is 1.44. The summed E-state index contributed by atoms with van der Waals surface area (Å²) >= 11 is 0. The van der Waals surface area contributed by atoms with Crippen molar-refractivity contribution in [3.05, 3.63) is 30.2 Å². The van der Waals surface area contributed by atoms with Crippen LogP contribution in [0.3, 0.4) is 0 Å². The molecule has 32 heavy (non-hydrogen) atoms. The van der Waals surface area contributed by atoms with Crippen LogP contribution in [0.2, 0.25) is 0 Å². The van der Waals surface area contributed by atoms with Crippen molar-refractivity contribution in [2.24, 2.45) is 5.92 Å². The van der Waals surface area contributed by atoms with E-state index in [2.05, 4.69) is 41.1 Å². The largest absolute Gasteiger partial charge is 0.378 e. The van der Waals surface area contributed by atoms with E-state index in [1.165, 1.54) is 13.2 Å². The molecule has 2 fully saturated rings. The highest BCUT2D eigenvalue weighted by Gasteiger charge is 2.31. The third-order valence-corrected chi connectivity index (χ3v) is 5.60. The predicted molar refractivity (Wildman–Crippen MR) is 116 cm³/mol. The van der Waals surface area contributed by atoms with Crippen molar-refractivity contribution in [3.63, 3.8) is 0 Å². The van der Waals surface area contributed by atoms with Crippen LogP contribution in [-0.4, -0.2) is 70.0 Å². The quantitative estimate of drug-likeness (QED) is 0.490. The zero-order valence-corrected chi connectivity index (χ0v) is 17.7. The molecule has 0 aromatic carbocycles. The van der Waals surface area contributed by atoms with Gasteiger partial charge in [0.2, 0.25) is 11.9 Å². The Bertz CT molecular complexity index is 1180. The molecule has 1 aliphatic heterocycles. The molecule has 1 aliphatic carbocycles. The molecule has 3 aromatic heterocycles.